The van der Waals surface area contributed by atoms with E-state index in [1.165, 1.54) is 12.1 Å². The van der Waals surface area contributed by atoms with E-state index in [9.17, 15) is 19.4 Å². The molecule has 1 aliphatic carbocycles. The van der Waals surface area contributed by atoms with Gasteiger partial charge in [-0.1, -0.05) is 0 Å². The minimum absolute atomic E-state index is 0.123. The fourth-order valence-electron chi connectivity index (χ4n) is 3.78. The molecule has 7 nitrogen and oxygen atoms in total. The average molecular weight is 396 g/mol. The Hall–Kier alpha value is -1.81. The van der Waals surface area contributed by atoms with Crippen LogP contribution in [0.25, 0.3) is 0 Å². The van der Waals surface area contributed by atoms with E-state index in [0.29, 0.717) is 23.9 Å². The van der Waals surface area contributed by atoms with Gasteiger partial charge in [0.15, 0.2) is 5.11 Å². The minimum atomic E-state index is -1.05. The number of fused-ring (bicyclic) bond motifs is 1. The molecule has 3 rings (SSSR count). The van der Waals surface area contributed by atoms with Crippen LogP contribution in [0.15, 0.2) is 24.3 Å². The van der Waals surface area contributed by atoms with Crippen LogP contribution in [0.5, 0.6) is 0 Å². The van der Waals surface area contributed by atoms with Crippen molar-refractivity contribution in [2.45, 2.75) is 30.7 Å². The molecule has 148 valence electrons. The Morgan fingerprint density at radius 1 is 1.37 bits per heavy atom. The third-order valence-electron chi connectivity index (χ3n) is 5.14. The number of carbonyl (C=O) groups excluding carboxylic acids is 1. The van der Waals surface area contributed by atoms with Crippen molar-refractivity contribution in [2.24, 2.45) is 5.92 Å². The molecule has 1 aromatic carbocycles. The Bertz CT molecular complexity index is 702. The van der Waals surface area contributed by atoms with E-state index in [0.717, 1.165) is 0 Å². The number of rotatable bonds is 5. The number of nitrogens with one attached hydrogen (secondary N) is 2. The van der Waals surface area contributed by atoms with Crippen molar-refractivity contribution in [3.63, 3.8) is 0 Å². The Kier molecular flexibility index (Phi) is 5.95. The summed E-state index contributed by atoms with van der Waals surface area (Å²) in [6.07, 6.45) is -1.96. The normalized spacial score (nSPS) is 30.2. The van der Waals surface area contributed by atoms with E-state index in [1.54, 1.807) is 17.0 Å². The van der Waals surface area contributed by atoms with Gasteiger partial charge in [-0.25, -0.2) is 4.39 Å². The number of thiocarbonyl (C=S) groups is 1. The summed E-state index contributed by atoms with van der Waals surface area (Å²) in [7, 11) is 3.83. The highest BCUT2D eigenvalue weighted by molar-refractivity contribution is 7.80. The summed E-state index contributed by atoms with van der Waals surface area (Å²) in [6.45, 7) is 1.17. The van der Waals surface area contributed by atoms with Crippen molar-refractivity contribution in [1.29, 1.82) is 0 Å². The van der Waals surface area contributed by atoms with Crippen molar-refractivity contribution in [3.8, 4) is 0 Å². The van der Waals surface area contributed by atoms with Crippen LogP contribution in [0.3, 0.4) is 0 Å². The molecule has 1 saturated heterocycles. The number of amides is 1. The molecule has 0 unspecified atom stereocenters. The van der Waals surface area contributed by atoms with Crippen molar-refractivity contribution in [1.82, 2.24) is 15.5 Å². The predicted molar refractivity (Wildman–Crippen MR) is 104 cm³/mol. The largest absolute Gasteiger partial charge is 0.390 e. The summed E-state index contributed by atoms with van der Waals surface area (Å²) in [5, 5.41) is 26.9. The van der Waals surface area contributed by atoms with E-state index in [1.807, 2.05) is 19.0 Å². The van der Waals surface area contributed by atoms with Crippen LogP contribution < -0.4 is 15.5 Å². The van der Waals surface area contributed by atoms with Gasteiger partial charge < -0.3 is 30.6 Å². The molecule has 0 bridgehead atoms. The second-order valence-corrected chi connectivity index (χ2v) is 7.69. The van der Waals surface area contributed by atoms with E-state index in [-0.39, 0.29) is 18.1 Å². The fraction of sp³-hybridized carbons (Fsp3) is 0.556. The van der Waals surface area contributed by atoms with Crippen LogP contribution in [-0.4, -0.2) is 77.6 Å². The van der Waals surface area contributed by atoms with E-state index in [4.69, 9.17) is 12.2 Å². The van der Waals surface area contributed by atoms with Gasteiger partial charge in [-0.3, -0.25) is 4.79 Å². The van der Waals surface area contributed by atoms with Crippen LogP contribution in [-0.2, 0) is 4.79 Å². The molecule has 2 aliphatic rings. The first-order valence-corrected chi connectivity index (χ1v) is 9.34. The molecule has 1 aromatic rings. The highest BCUT2D eigenvalue weighted by Crippen LogP contribution is 2.36. The molecule has 4 N–H and O–H groups in total. The van der Waals surface area contributed by atoms with Crippen molar-refractivity contribution in [3.05, 3.63) is 30.1 Å². The highest BCUT2D eigenvalue weighted by atomic mass is 32.1. The molecule has 9 heteroatoms. The standard InChI is InChI=1S/C18H25FN4O3S/c1-22(2)8-7-20-17(26)12-9-13(24)16(25)14-15(12)23(18(27)21-14)11-5-3-10(19)4-6-11/h3-6,12-16,24-25H,7-9H2,1-2H3,(H,20,26)(H,21,27)/t12-,13+,14-,15+,16-/m0/s1. The molecular weight excluding hydrogens is 371 g/mol. The van der Waals surface area contributed by atoms with Gasteiger partial charge in [-0.15, -0.1) is 0 Å². The molecule has 5 atom stereocenters. The molecule has 0 spiro atoms. The molecule has 0 radical (unpaired) electrons. The smallest absolute Gasteiger partial charge is 0.225 e. The van der Waals surface area contributed by atoms with Gasteiger partial charge in [-0.05, 0) is 57.0 Å². The second-order valence-electron chi connectivity index (χ2n) is 7.31. The zero-order chi connectivity index (χ0) is 19.7. The Labute approximate surface area is 163 Å². The first-order valence-electron chi connectivity index (χ1n) is 8.93. The number of halogens is 1. The lowest BCUT2D eigenvalue weighted by Crippen LogP contribution is -2.61. The van der Waals surface area contributed by atoms with E-state index < -0.39 is 30.2 Å². The lowest BCUT2D eigenvalue weighted by atomic mass is 9.77. The molecule has 27 heavy (non-hydrogen) atoms. The fourth-order valence-corrected chi connectivity index (χ4v) is 4.14. The summed E-state index contributed by atoms with van der Waals surface area (Å²) in [5.41, 5.74) is 0.635. The summed E-state index contributed by atoms with van der Waals surface area (Å²) >= 11 is 5.41. The van der Waals surface area contributed by atoms with Crippen molar-refractivity contribution < 1.29 is 19.4 Å². The summed E-state index contributed by atoms with van der Waals surface area (Å²) < 4.78 is 13.3. The zero-order valence-electron chi connectivity index (χ0n) is 15.3. The van der Waals surface area contributed by atoms with Gasteiger partial charge in [0.05, 0.1) is 24.1 Å². The van der Waals surface area contributed by atoms with Gasteiger partial charge in [0.2, 0.25) is 5.91 Å². The Balaban J connectivity index is 1.87. The number of benzene rings is 1. The van der Waals surface area contributed by atoms with Gasteiger partial charge >= 0.3 is 0 Å². The van der Waals surface area contributed by atoms with Crippen LogP contribution in [0.4, 0.5) is 10.1 Å². The van der Waals surface area contributed by atoms with E-state index >= 15 is 0 Å². The Morgan fingerprint density at radius 2 is 2.04 bits per heavy atom. The lowest BCUT2D eigenvalue weighted by molar-refractivity contribution is -0.131. The summed E-state index contributed by atoms with van der Waals surface area (Å²) in [4.78, 5) is 16.5. The maximum atomic E-state index is 13.3. The average Bonchev–Trinajstić information content (AvgIpc) is 2.96. The molecular formula is C18H25FN4O3S. The predicted octanol–water partition coefficient (Wildman–Crippen LogP) is -0.323. The topological polar surface area (TPSA) is 88.1 Å². The van der Waals surface area contributed by atoms with E-state index in [2.05, 4.69) is 10.6 Å². The molecule has 2 fully saturated rings. The number of anilines is 1. The van der Waals surface area contributed by atoms with Gasteiger partial charge in [0.1, 0.15) is 11.9 Å². The summed E-state index contributed by atoms with van der Waals surface area (Å²) in [5.74, 6) is -1.14. The van der Waals surface area contributed by atoms with Crippen LogP contribution >= 0.6 is 12.2 Å². The van der Waals surface area contributed by atoms with Gasteiger partial charge in [0, 0.05) is 18.8 Å². The van der Waals surface area contributed by atoms with Crippen molar-refractivity contribution in [2.75, 3.05) is 32.1 Å². The van der Waals surface area contributed by atoms with Crippen LogP contribution in [0.2, 0.25) is 0 Å². The first-order chi connectivity index (χ1) is 12.8. The minimum Gasteiger partial charge on any atom is -0.390 e. The quantitative estimate of drug-likeness (QED) is 0.507. The first kappa shape index (κ1) is 19.9. The third kappa shape index (κ3) is 4.06. The SMILES string of the molecule is CN(C)CCNC(=O)[C@H]1C[C@@H](O)[C@H](O)[C@H]2NC(=S)N(c3ccc(F)cc3)[C@@H]21. The lowest BCUT2D eigenvalue weighted by Gasteiger charge is -2.41. The maximum Gasteiger partial charge on any atom is 0.225 e. The van der Waals surface area contributed by atoms with Gasteiger partial charge in [-0.2, -0.15) is 0 Å². The number of hydrogen-bond donors (Lipinski definition) is 4. The van der Waals surface area contributed by atoms with Crippen LogP contribution in [0.1, 0.15) is 6.42 Å². The molecule has 1 heterocycles. The zero-order valence-corrected chi connectivity index (χ0v) is 16.1. The second kappa shape index (κ2) is 8.05. The van der Waals surface area contributed by atoms with Crippen LogP contribution in [0, 0.1) is 11.7 Å². The summed E-state index contributed by atoms with van der Waals surface area (Å²) in [6, 6.07) is 4.77. The number of aliphatic hydroxyl groups excluding tert-OH is 2. The molecule has 1 amide bonds. The highest BCUT2D eigenvalue weighted by Gasteiger charge is 2.53. The molecule has 1 aliphatic heterocycles. The number of carbonyl (C=O) groups is 1. The number of aliphatic hydroxyl groups is 2. The van der Waals surface area contributed by atoms with Crippen molar-refractivity contribution >= 4 is 28.9 Å². The Morgan fingerprint density at radius 3 is 2.67 bits per heavy atom. The number of hydrogen-bond acceptors (Lipinski definition) is 5. The third-order valence-corrected chi connectivity index (χ3v) is 5.46. The molecule has 0 aromatic heterocycles. The molecule has 1 saturated carbocycles. The number of nitrogens with zero attached hydrogens (tertiary/aromatic N) is 2. The van der Waals surface area contributed by atoms with Gasteiger partial charge in [0.25, 0.3) is 0 Å². The monoisotopic (exact) mass is 396 g/mol. The number of likely N-dealkylation sites (N-methyl/N-ethyl adjacent to an activating group) is 1. The maximum absolute atomic E-state index is 13.3.